The Hall–Kier alpha value is -4.22. The summed E-state index contributed by atoms with van der Waals surface area (Å²) in [6, 6.07) is 18.1. The Morgan fingerprint density at radius 1 is 1.03 bits per heavy atom. The molecule has 37 heavy (non-hydrogen) atoms. The van der Waals surface area contributed by atoms with Crippen LogP contribution in [0.15, 0.2) is 76.7 Å². The van der Waals surface area contributed by atoms with Crippen molar-refractivity contribution in [2.45, 2.75) is 25.7 Å². The standard InChI is InChI=1S/C25H23ClN6O4S/c1-16-9-11-22(17(2)13-16)30-37(35,36)20-10-12-23(24(14-20)32(33)34)28-27-15-21-18(3)29-31(25(21)26)19-7-5-4-6-8-19/h4-15,28,30H,1-3H3/b27-15-. The van der Waals surface area contributed by atoms with Crippen LogP contribution < -0.4 is 10.1 Å². The first-order chi connectivity index (χ1) is 17.6. The zero-order valence-electron chi connectivity index (χ0n) is 20.1. The largest absolute Gasteiger partial charge is 0.295 e. The second-order valence-electron chi connectivity index (χ2n) is 8.27. The number of aromatic nitrogens is 2. The average molecular weight is 539 g/mol. The van der Waals surface area contributed by atoms with Crippen molar-refractivity contribution in [3.8, 4) is 5.69 Å². The van der Waals surface area contributed by atoms with Crippen molar-refractivity contribution < 1.29 is 13.3 Å². The summed E-state index contributed by atoms with van der Waals surface area (Å²) < 4.78 is 29.9. The van der Waals surface area contributed by atoms with Gasteiger partial charge in [-0.1, -0.05) is 47.5 Å². The highest BCUT2D eigenvalue weighted by Crippen LogP contribution is 2.29. The maximum atomic E-state index is 12.9. The molecule has 0 aliphatic rings. The summed E-state index contributed by atoms with van der Waals surface area (Å²) in [7, 11) is -4.07. The van der Waals surface area contributed by atoms with E-state index in [1.165, 1.54) is 18.3 Å². The van der Waals surface area contributed by atoms with Gasteiger partial charge in [0.1, 0.15) is 10.8 Å². The van der Waals surface area contributed by atoms with Gasteiger partial charge in [0.05, 0.1) is 38.7 Å². The summed E-state index contributed by atoms with van der Waals surface area (Å²) in [5.41, 5.74) is 6.17. The highest BCUT2D eigenvalue weighted by atomic mass is 35.5. The highest BCUT2D eigenvalue weighted by molar-refractivity contribution is 7.92. The van der Waals surface area contributed by atoms with Gasteiger partial charge in [0.15, 0.2) is 0 Å². The van der Waals surface area contributed by atoms with Gasteiger partial charge >= 0.3 is 0 Å². The Morgan fingerprint density at radius 3 is 2.41 bits per heavy atom. The number of hydrogen-bond acceptors (Lipinski definition) is 7. The number of nitro groups is 1. The molecule has 1 heterocycles. The fourth-order valence-corrected chi connectivity index (χ4v) is 5.09. The van der Waals surface area contributed by atoms with Crippen molar-refractivity contribution in [1.82, 2.24) is 9.78 Å². The molecule has 0 spiro atoms. The Bertz CT molecular complexity index is 1620. The number of rotatable bonds is 8. The van der Waals surface area contributed by atoms with Gasteiger partial charge in [0.25, 0.3) is 15.7 Å². The number of nitrogens with zero attached hydrogens (tertiary/aromatic N) is 4. The first-order valence-electron chi connectivity index (χ1n) is 11.0. The number of hydrazone groups is 1. The van der Waals surface area contributed by atoms with Crippen molar-refractivity contribution >= 4 is 44.9 Å². The van der Waals surface area contributed by atoms with Crippen LogP contribution in [0.3, 0.4) is 0 Å². The summed E-state index contributed by atoms with van der Waals surface area (Å²) in [6.07, 6.45) is 1.40. The second kappa shape index (κ2) is 10.4. The summed E-state index contributed by atoms with van der Waals surface area (Å²) in [5, 5.41) is 20.5. The van der Waals surface area contributed by atoms with E-state index in [-0.39, 0.29) is 10.6 Å². The van der Waals surface area contributed by atoms with Crippen molar-refractivity contribution in [3.05, 3.63) is 104 Å². The van der Waals surface area contributed by atoms with Crippen LogP contribution in [0.4, 0.5) is 17.1 Å². The van der Waals surface area contributed by atoms with E-state index < -0.39 is 20.6 Å². The van der Waals surface area contributed by atoms with Crippen molar-refractivity contribution in [1.29, 1.82) is 0 Å². The zero-order valence-corrected chi connectivity index (χ0v) is 21.7. The number of benzene rings is 3. The summed E-state index contributed by atoms with van der Waals surface area (Å²) >= 11 is 6.48. The first kappa shape index (κ1) is 25.9. The Kier molecular flexibility index (Phi) is 7.28. The van der Waals surface area contributed by atoms with Crippen LogP contribution in [-0.4, -0.2) is 29.3 Å². The second-order valence-corrected chi connectivity index (χ2v) is 10.3. The smallest absolute Gasteiger partial charge is 0.279 e. The lowest BCUT2D eigenvalue weighted by atomic mass is 10.1. The van der Waals surface area contributed by atoms with E-state index in [1.807, 2.05) is 43.3 Å². The van der Waals surface area contributed by atoms with Crippen LogP contribution in [0.5, 0.6) is 0 Å². The minimum atomic E-state index is -4.07. The molecule has 0 aliphatic carbocycles. The highest BCUT2D eigenvalue weighted by Gasteiger charge is 2.22. The van der Waals surface area contributed by atoms with Gasteiger partial charge in [-0.15, -0.1) is 0 Å². The van der Waals surface area contributed by atoms with E-state index in [9.17, 15) is 18.5 Å². The molecule has 10 nitrogen and oxygen atoms in total. The maximum Gasteiger partial charge on any atom is 0.295 e. The molecule has 0 aliphatic heterocycles. The summed E-state index contributed by atoms with van der Waals surface area (Å²) in [5.74, 6) is 0. The van der Waals surface area contributed by atoms with Crippen LogP contribution in [0.2, 0.25) is 5.15 Å². The lowest BCUT2D eigenvalue weighted by molar-refractivity contribution is -0.384. The molecular weight excluding hydrogens is 516 g/mol. The normalized spacial score (nSPS) is 11.6. The fourth-order valence-electron chi connectivity index (χ4n) is 3.62. The molecule has 12 heteroatoms. The molecule has 1 aromatic heterocycles. The Morgan fingerprint density at radius 2 is 1.73 bits per heavy atom. The van der Waals surface area contributed by atoms with Crippen molar-refractivity contribution in [2.24, 2.45) is 5.10 Å². The van der Waals surface area contributed by atoms with Gasteiger partial charge in [0.2, 0.25) is 0 Å². The lowest BCUT2D eigenvalue weighted by Crippen LogP contribution is -2.14. The third kappa shape index (κ3) is 5.63. The number of nitro benzene ring substituents is 1. The minimum absolute atomic E-state index is 0.0101. The average Bonchev–Trinajstić information content (AvgIpc) is 3.14. The molecule has 0 fully saturated rings. The summed E-state index contributed by atoms with van der Waals surface area (Å²) in [4.78, 5) is 10.8. The van der Waals surface area contributed by atoms with Crippen LogP contribution in [0, 0.1) is 30.9 Å². The van der Waals surface area contributed by atoms with E-state index in [0.717, 1.165) is 22.9 Å². The number of aryl methyl sites for hydroxylation is 3. The third-order valence-corrected chi connectivity index (χ3v) is 7.26. The fraction of sp³-hybridized carbons (Fsp3) is 0.120. The molecule has 0 unspecified atom stereocenters. The van der Waals surface area contributed by atoms with E-state index in [1.54, 1.807) is 30.7 Å². The molecule has 0 saturated heterocycles. The molecule has 2 N–H and O–H groups in total. The number of halogens is 1. The van der Waals surface area contributed by atoms with E-state index in [0.29, 0.717) is 22.1 Å². The maximum absolute atomic E-state index is 12.9. The Balaban J connectivity index is 1.58. The number of nitrogens with one attached hydrogen (secondary N) is 2. The molecule has 4 rings (SSSR count). The minimum Gasteiger partial charge on any atom is -0.279 e. The van der Waals surface area contributed by atoms with E-state index >= 15 is 0 Å². The van der Waals surface area contributed by atoms with Crippen LogP contribution >= 0.6 is 11.6 Å². The van der Waals surface area contributed by atoms with Gasteiger partial charge in [0, 0.05) is 6.07 Å². The Labute approximate surface area is 218 Å². The van der Waals surface area contributed by atoms with Crippen molar-refractivity contribution in [3.63, 3.8) is 0 Å². The predicted molar refractivity (Wildman–Crippen MR) is 144 cm³/mol. The van der Waals surface area contributed by atoms with Gasteiger partial charge in [-0.2, -0.15) is 10.2 Å². The molecule has 4 aromatic rings. The molecule has 3 aromatic carbocycles. The number of hydrogen-bond donors (Lipinski definition) is 2. The zero-order chi connectivity index (χ0) is 26.7. The topological polar surface area (TPSA) is 132 Å². The molecule has 190 valence electrons. The SMILES string of the molecule is Cc1ccc(NS(=O)(=O)c2ccc(N/N=C\c3c(C)nn(-c4ccccc4)c3Cl)c([N+](=O)[O-])c2)c(C)c1. The van der Waals surface area contributed by atoms with Gasteiger partial charge in [-0.05, 0) is 56.7 Å². The number of para-hydroxylation sites is 1. The molecule has 0 bridgehead atoms. The van der Waals surface area contributed by atoms with Crippen molar-refractivity contribution in [2.75, 3.05) is 10.1 Å². The monoisotopic (exact) mass is 538 g/mol. The van der Waals surface area contributed by atoms with Crippen LogP contribution in [0.25, 0.3) is 5.69 Å². The van der Waals surface area contributed by atoms with E-state index in [4.69, 9.17) is 11.6 Å². The third-order valence-electron chi connectivity index (χ3n) is 5.53. The molecule has 0 atom stereocenters. The first-order valence-corrected chi connectivity index (χ1v) is 12.9. The molecular formula is C25H23ClN6O4S. The molecule has 0 amide bonds. The van der Waals surface area contributed by atoms with Gasteiger partial charge in [-0.25, -0.2) is 13.1 Å². The molecule has 0 saturated carbocycles. The number of anilines is 2. The quantitative estimate of drug-likeness (QED) is 0.170. The van der Waals surface area contributed by atoms with E-state index in [2.05, 4.69) is 20.3 Å². The lowest BCUT2D eigenvalue weighted by Gasteiger charge is -2.12. The van der Waals surface area contributed by atoms with Gasteiger partial charge < -0.3 is 0 Å². The predicted octanol–water partition coefficient (Wildman–Crippen LogP) is 5.61. The van der Waals surface area contributed by atoms with Crippen LogP contribution in [-0.2, 0) is 10.0 Å². The van der Waals surface area contributed by atoms with Crippen LogP contribution in [0.1, 0.15) is 22.4 Å². The summed E-state index contributed by atoms with van der Waals surface area (Å²) in [6.45, 7) is 5.43. The van der Waals surface area contributed by atoms with Gasteiger partial charge in [-0.3, -0.25) is 20.3 Å². The number of sulfonamides is 1. The molecule has 0 radical (unpaired) electrons.